The zero-order valence-electron chi connectivity index (χ0n) is 19.8. The molecule has 0 saturated carbocycles. The Labute approximate surface area is 210 Å². The Bertz CT molecular complexity index is 1290. The Balaban J connectivity index is 1.69. The number of benzene rings is 4. The molecule has 0 aromatic heterocycles. The van der Waals surface area contributed by atoms with Crippen molar-refractivity contribution in [3.05, 3.63) is 125 Å². The lowest BCUT2D eigenvalue weighted by Gasteiger charge is -2.19. The van der Waals surface area contributed by atoms with E-state index in [2.05, 4.69) is 10.2 Å². The van der Waals surface area contributed by atoms with Crippen molar-refractivity contribution < 1.29 is 14.2 Å². The van der Waals surface area contributed by atoms with Gasteiger partial charge in [0.1, 0.15) is 19.8 Å². The number of hydrogen-bond acceptors (Lipinski definition) is 5. The summed E-state index contributed by atoms with van der Waals surface area (Å²) < 4.78 is 18.8. The van der Waals surface area contributed by atoms with Gasteiger partial charge in [-0.1, -0.05) is 91.0 Å². The van der Waals surface area contributed by atoms with Gasteiger partial charge in [0.2, 0.25) is 11.7 Å². The van der Waals surface area contributed by atoms with Crippen LogP contribution < -0.4 is 25.7 Å². The number of ether oxygens (including phenoxy) is 3. The maximum absolute atomic E-state index is 6.30. The standard InChI is InChI=1S/C29H28N4O3/c30-29(31)33-32-18-25-16-17-26(34-19-22-10-4-1-5-11-22)28(36-21-24-14-8-3-9-15-24)27(25)35-20-23-12-6-2-7-13-23/h1-18H,19-21H2,(H4,30,31,33)/b32-18+. The first kappa shape index (κ1) is 24.3. The lowest BCUT2D eigenvalue weighted by atomic mass is 10.1. The highest BCUT2D eigenvalue weighted by Gasteiger charge is 2.18. The summed E-state index contributed by atoms with van der Waals surface area (Å²) in [5, 5.41) is 7.69. The maximum atomic E-state index is 6.30. The Morgan fingerprint density at radius 2 is 1.06 bits per heavy atom. The number of nitrogens with zero attached hydrogens (tertiary/aromatic N) is 2. The molecule has 7 heteroatoms. The van der Waals surface area contributed by atoms with Gasteiger partial charge < -0.3 is 25.7 Å². The summed E-state index contributed by atoms with van der Waals surface area (Å²) >= 11 is 0. The molecule has 0 bridgehead atoms. The van der Waals surface area contributed by atoms with E-state index in [9.17, 15) is 0 Å². The largest absolute Gasteiger partial charge is 0.485 e. The van der Waals surface area contributed by atoms with E-state index in [-0.39, 0.29) is 5.96 Å². The molecule has 4 N–H and O–H groups in total. The second-order valence-corrected chi connectivity index (χ2v) is 7.90. The SMILES string of the molecule is NC(N)=N/N=C/c1ccc(OCc2ccccc2)c(OCc2ccccc2)c1OCc1ccccc1. The van der Waals surface area contributed by atoms with E-state index in [0.717, 1.165) is 16.7 Å². The van der Waals surface area contributed by atoms with E-state index in [1.54, 1.807) is 0 Å². The molecule has 0 aliphatic heterocycles. The van der Waals surface area contributed by atoms with Crippen LogP contribution in [0, 0.1) is 0 Å². The van der Waals surface area contributed by atoms with Gasteiger partial charge in [0.15, 0.2) is 11.5 Å². The van der Waals surface area contributed by atoms with Crippen molar-refractivity contribution in [2.24, 2.45) is 21.7 Å². The predicted molar refractivity (Wildman–Crippen MR) is 142 cm³/mol. The molecule has 182 valence electrons. The van der Waals surface area contributed by atoms with E-state index in [1.165, 1.54) is 6.21 Å². The smallest absolute Gasteiger partial charge is 0.211 e. The molecule has 4 aromatic rings. The minimum absolute atomic E-state index is 0.138. The zero-order chi connectivity index (χ0) is 25.0. The fourth-order valence-electron chi connectivity index (χ4n) is 3.41. The fraction of sp³-hybridized carbons (Fsp3) is 0.103. The first-order valence-electron chi connectivity index (χ1n) is 11.5. The second kappa shape index (κ2) is 12.6. The van der Waals surface area contributed by atoms with Gasteiger partial charge in [-0.3, -0.25) is 0 Å². The monoisotopic (exact) mass is 480 g/mol. The molecule has 0 fully saturated rings. The maximum Gasteiger partial charge on any atom is 0.211 e. The van der Waals surface area contributed by atoms with Crippen LogP contribution in [-0.2, 0) is 19.8 Å². The highest BCUT2D eigenvalue weighted by atomic mass is 16.5. The van der Waals surface area contributed by atoms with Crippen molar-refractivity contribution in [2.75, 3.05) is 0 Å². The summed E-state index contributed by atoms with van der Waals surface area (Å²) in [4.78, 5) is 0. The van der Waals surface area contributed by atoms with Gasteiger partial charge in [0.05, 0.1) is 6.21 Å². The van der Waals surface area contributed by atoms with Gasteiger partial charge in [0.25, 0.3) is 0 Å². The molecule has 0 spiro atoms. The number of rotatable bonds is 11. The molecule has 0 aliphatic rings. The third-order valence-electron chi connectivity index (χ3n) is 5.17. The summed E-state index contributed by atoms with van der Waals surface area (Å²) in [6.07, 6.45) is 1.52. The lowest BCUT2D eigenvalue weighted by molar-refractivity contribution is 0.230. The van der Waals surface area contributed by atoms with E-state index in [4.69, 9.17) is 25.7 Å². The van der Waals surface area contributed by atoms with Crippen LogP contribution in [0.5, 0.6) is 17.2 Å². The van der Waals surface area contributed by atoms with Crippen LogP contribution in [0.3, 0.4) is 0 Å². The van der Waals surface area contributed by atoms with E-state index >= 15 is 0 Å². The normalized spacial score (nSPS) is 10.7. The molecule has 0 saturated heterocycles. The van der Waals surface area contributed by atoms with Crippen LogP contribution in [-0.4, -0.2) is 12.2 Å². The van der Waals surface area contributed by atoms with Gasteiger partial charge in [-0.25, -0.2) is 0 Å². The molecule has 0 aliphatic carbocycles. The molecule has 0 heterocycles. The number of guanidine groups is 1. The van der Waals surface area contributed by atoms with Gasteiger partial charge in [-0.05, 0) is 28.8 Å². The van der Waals surface area contributed by atoms with Crippen molar-refractivity contribution in [3.8, 4) is 17.2 Å². The molecular formula is C29H28N4O3. The van der Waals surface area contributed by atoms with E-state index < -0.39 is 0 Å². The topological polar surface area (TPSA) is 104 Å². The fourth-order valence-corrected chi connectivity index (χ4v) is 3.41. The summed E-state index contributed by atoms with van der Waals surface area (Å²) in [5.74, 6) is 1.37. The van der Waals surface area contributed by atoms with Crippen molar-refractivity contribution >= 4 is 12.2 Å². The van der Waals surface area contributed by atoms with Crippen LogP contribution >= 0.6 is 0 Å². The Hall–Kier alpha value is -4.78. The van der Waals surface area contributed by atoms with Crippen LogP contribution in [0.1, 0.15) is 22.3 Å². The second-order valence-electron chi connectivity index (χ2n) is 7.90. The van der Waals surface area contributed by atoms with Crippen molar-refractivity contribution in [1.29, 1.82) is 0 Å². The van der Waals surface area contributed by atoms with Crippen molar-refractivity contribution in [1.82, 2.24) is 0 Å². The quantitative estimate of drug-likeness (QED) is 0.178. The lowest BCUT2D eigenvalue weighted by Crippen LogP contribution is -2.21. The van der Waals surface area contributed by atoms with Crippen LogP contribution in [0.25, 0.3) is 0 Å². The molecule has 7 nitrogen and oxygen atoms in total. The Kier molecular flexibility index (Phi) is 8.53. The summed E-state index contributed by atoms with van der Waals surface area (Å²) in [5.41, 5.74) is 14.6. The van der Waals surface area contributed by atoms with Crippen LogP contribution in [0.4, 0.5) is 0 Å². The van der Waals surface area contributed by atoms with Gasteiger partial charge in [0, 0.05) is 5.56 Å². The molecule has 0 unspecified atom stereocenters. The van der Waals surface area contributed by atoms with E-state index in [1.807, 2.05) is 103 Å². The molecule has 4 rings (SSSR count). The van der Waals surface area contributed by atoms with Gasteiger partial charge in [-0.15, -0.1) is 5.10 Å². The molecule has 4 aromatic carbocycles. The van der Waals surface area contributed by atoms with Crippen molar-refractivity contribution in [2.45, 2.75) is 19.8 Å². The molecule has 0 atom stereocenters. The number of nitrogens with two attached hydrogens (primary N) is 2. The molecular weight excluding hydrogens is 452 g/mol. The van der Waals surface area contributed by atoms with Gasteiger partial charge >= 0.3 is 0 Å². The highest BCUT2D eigenvalue weighted by Crippen LogP contribution is 2.41. The summed E-state index contributed by atoms with van der Waals surface area (Å²) in [7, 11) is 0. The van der Waals surface area contributed by atoms with Crippen LogP contribution in [0.15, 0.2) is 113 Å². The Morgan fingerprint density at radius 3 is 1.56 bits per heavy atom. The van der Waals surface area contributed by atoms with Crippen molar-refractivity contribution in [3.63, 3.8) is 0 Å². The van der Waals surface area contributed by atoms with Gasteiger partial charge in [-0.2, -0.15) is 5.10 Å². The third-order valence-corrected chi connectivity index (χ3v) is 5.17. The molecule has 0 amide bonds. The minimum Gasteiger partial charge on any atom is -0.485 e. The molecule has 36 heavy (non-hydrogen) atoms. The van der Waals surface area contributed by atoms with E-state index in [0.29, 0.717) is 42.6 Å². The first-order valence-corrected chi connectivity index (χ1v) is 11.5. The summed E-state index contributed by atoms with van der Waals surface area (Å²) in [6.45, 7) is 1.04. The zero-order valence-corrected chi connectivity index (χ0v) is 19.8. The highest BCUT2D eigenvalue weighted by molar-refractivity contribution is 5.87. The third kappa shape index (κ3) is 7.11. The average molecular weight is 481 g/mol. The average Bonchev–Trinajstić information content (AvgIpc) is 2.92. The first-order chi connectivity index (χ1) is 17.7. The molecule has 0 radical (unpaired) electrons. The van der Waals surface area contributed by atoms with Crippen LogP contribution in [0.2, 0.25) is 0 Å². The minimum atomic E-state index is -0.138. The Morgan fingerprint density at radius 1 is 0.583 bits per heavy atom. The predicted octanol–water partition coefficient (Wildman–Crippen LogP) is 5.03. The summed E-state index contributed by atoms with van der Waals surface area (Å²) in [6, 6.07) is 33.4. The number of hydrogen-bond donors (Lipinski definition) is 2.